The van der Waals surface area contributed by atoms with E-state index in [-0.39, 0.29) is 18.1 Å². The van der Waals surface area contributed by atoms with E-state index in [1.54, 1.807) is 24.3 Å². The molecule has 0 spiro atoms. The zero-order valence-corrected chi connectivity index (χ0v) is 12.8. The molecular formula is C19H17NO3. The third-order valence-electron chi connectivity index (χ3n) is 5.22. The van der Waals surface area contributed by atoms with Crippen LogP contribution in [0.15, 0.2) is 54.6 Å². The fraction of sp³-hybridized carbons (Fsp3) is 0.263. The lowest BCUT2D eigenvalue weighted by Crippen LogP contribution is -2.53. The normalized spacial score (nSPS) is 28.9. The highest BCUT2D eigenvalue weighted by Crippen LogP contribution is 2.59. The van der Waals surface area contributed by atoms with Crippen LogP contribution in [0.1, 0.15) is 34.8 Å². The summed E-state index contributed by atoms with van der Waals surface area (Å²) >= 11 is 0. The molecule has 1 fully saturated rings. The number of amides is 1. The maximum absolute atomic E-state index is 13.3. The smallest absolute Gasteiger partial charge is 0.226 e. The third-order valence-corrected chi connectivity index (χ3v) is 5.22. The van der Waals surface area contributed by atoms with E-state index in [9.17, 15) is 14.7 Å². The quantitative estimate of drug-likeness (QED) is 0.925. The molecule has 0 aromatic heterocycles. The van der Waals surface area contributed by atoms with Crippen LogP contribution in [-0.2, 0) is 15.9 Å². The minimum absolute atomic E-state index is 0.00509. The Bertz CT molecular complexity index is 816. The van der Waals surface area contributed by atoms with Crippen LogP contribution in [0.5, 0.6) is 0 Å². The average molecular weight is 307 g/mol. The molecule has 1 aliphatic heterocycles. The number of rotatable bonds is 2. The number of likely N-dealkylation sites (tertiary alicyclic amines) is 1. The molecule has 0 unspecified atom stereocenters. The summed E-state index contributed by atoms with van der Waals surface area (Å²) < 4.78 is 0. The zero-order valence-electron chi connectivity index (χ0n) is 12.8. The van der Waals surface area contributed by atoms with Crippen LogP contribution >= 0.6 is 0 Å². The fourth-order valence-corrected chi connectivity index (χ4v) is 4.25. The van der Waals surface area contributed by atoms with Crippen LogP contribution in [0.3, 0.4) is 0 Å². The Kier molecular flexibility index (Phi) is 2.78. The highest BCUT2D eigenvalue weighted by molar-refractivity contribution is 6.14. The number of benzene rings is 2. The number of nitrogens with zero attached hydrogens (tertiary/aromatic N) is 1. The summed E-state index contributed by atoms with van der Waals surface area (Å²) in [4.78, 5) is 27.3. The number of hydrogen-bond donors (Lipinski definition) is 1. The lowest BCUT2D eigenvalue weighted by Gasteiger charge is -2.39. The Morgan fingerprint density at radius 2 is 1.70 bits per heavy atom. The van der Waals surface area contributed by atoms with E-state index >= 15 is 0 Å². The molecule has 2 atom stereocenters. The molecular weight excluding hydrogens is 290 g/mol. The second-order valence-electron chi connectivity index (χ2n) is 6.13. The van der Waals surface area contributed by atoms with Gasteiger partial charge in [-0.2, -0.15) is 0 Å². The number of aliphatic hydroxyl groups is 1. The van der Waals surface area contributed by atoms with Crippen LogP contribution in [0.2, 0.25) is 0 Å². The summed E-state index contributed by atoms with van der Waals surface area (Å²) in [5, 5.41) is 11.7. The summed E-state index contributed by atoms with van der Waals surface area (Å²) in [6.07, 6.45) is -0.00509. The number of likely N-dealkylation sites (N-methyl/N-ethyl adjacent to an activating group) is 1. The van der Waals surface area contributed by atoms with Crippen molar-refractivity contribution < 1.29 is 14.7 Å². The first-order valence-corrected chi connectivity index (χ1v) is 7.80. The van der Waals surface area contributed by atoms with Crippen LogP contribution in [0.25, 0.3) is 0 Å². The minimum Gasteiger partial charge on any atom is -0.366 e. The number of fused-ring (bicyclic) bond motifs is 3. The van der Waals surface area contributed by atoms with E-state index in [1.807, 2.05) is 37.3 Å². The molecule has 1 saturated heterocycles. The second-order valence-corrected chi connectivity index (χ2v) is 6.13. The van der Waals surface area contributed by atoms with Gasteiger partial charge in [-0.3, -0.25) is 9.59 Å². The van der Waals surface area contributed by atoms with E-state index in [2.05, 4.69) is 0 Å². The van der Waals surface area contributed by atoms with Gasteiger partial charge in [0, 0.05) is 24.1 Å². The van der Waals surface area contributed by atoms with Gasteiger partial charge in [0.15, 0.2) is 11.5 Å². The Balaban J connectivity index is 2.08. The molecule has 2 aromatic carbocycles. The average Bonchev–Trinajstić information content (AvgIpc) is 2.93. The molecule has 2 aromatic rings. The van der Waals surface area contributed by atoms with E-state index < -0.39 is 11.1 Å². The summed E-state index contributed by atoms with van der Waals surface area (Å²) in [5.41, 5.74) is -1.15. The van der Waals surface area contributed by atoms with Gasteiger partial charge in [0.05, 0.1) is 0 Å². The largest absolute Gasteiger partial charge is 0.366 e. The maximum atomic E-state index is 13.3. The predicted octanol–water partition coefficient (Wildman–Crippen LogP) is 2.22. The van der Waals surface area contributed by atoms with Crippen molar-refractivity contribution in [3.05, 3.63) is 71.3 Å². The molecule has 4 nitrogen and oxygen atoms in total. The van der Waals surface area contributed by atoms with E-state index in [1.165, 1.54) is 4.90 Å². The SMILES string of the molecule is CCN1C(=O)C[C@@]2(c3ccccc3)C(=O)c3ccccc3[C@]12O. The van der Waals surface area contributed by atoms with Crippen LogP contribution in [0.4, 0.5) is 0 Å². The van der Waals surface area contributed by atoms with E-state index in [0.29, 0.717) is 23.2 Å². The molecule has 23 heavy (non-hydrogen) atoms. The van der Waals surface area contributed by atoms with Gasteiger partial charge in [0.1, 0.15) is 5.41 Å². The van der Waals surface area contributed by atoms with E-state index in [0.717, 1.165) is 0 Å². The minimum atomic E-state index is -1.62. The number of ketones is 1. The van der Waals surface area contributed by atoms with Crippen molar-refractivity contribution in [1.29, 1.82) is 0 Å². The Morgan fingerprint density at radius 3 is 2.39 bits per heavy atom. The monoisotopic (exact) mass is 307 g/mol. The molecule has 0 bridgehead atoms. The first-order valence-electron chi connectivity index (χ1n) is 7.80. The van der Waals surface area contributed by atoms with Crippen molar-refractivity contribution in [3.63, 3.8) is 0 Å². The van der Waals surface area contributed by atoms with Crippen LogP contribution in [0, 0.1) is 0 Å². The third kappa shape index (κ3) is 1.44. The van der Waals surface area contributed by atoms with Gasteiger partial charge in [-0.05, 0) is 12.5 Å². The Morgan fingerprint density at radius 1 is 1.04 bits per heavy atom. The van der Waals surface area contributed by atoms with Gasteiger partial charge >= 0.3 is 0 Å². The first-order chi connectivity index (χ1) is 11.1. The number of Topliss-reactive ketones (excluding diaryl/α,β-unsaturated/α-hetero) is 1. The standard InChI is InChI=1S/C19H17NO3/c1-2-20-16(21)12-18(13-8-4-3-5-9-13)17(22)14-10-6-7-11-15(14)19(18,20)23/h3-11,23H,2,12H2,1H3/t18-,19-/m1/s1. The first kappa shape index (κ1) is 14.2. The lowest BCUT2D eigenvalue weighted by atomic mass is 9.71. The lowest BCUT2D eigenvalue weighted by molar-refractivity contribution is -0.151. The molecule has 1 amide bonds. The van der Waals surface area contributed by atoms with Gasteiger partial charge in [0.25, 0.3) is 0 Å². The molecule has 1 N–H and O–H groups in total. The highest BCUT2D eigenvalue weighted by atomic mass is 16.3. The molecule has 2 aliphatic rings. The molecule has 1 heterocycles. The molecule has 0 radical (unpaired) electrons. The van der Waals surface area contributed by atoms with Crippen molar-refractivity contribution in [2.75, 3.05) is 6.54 Å². The van der Waals surface area contributed by atoms with Gasteiger partial charge in [0.2, 0.25) is 5.91 Å². The molecule has 4 heteroatoms. The van der Waals surface area contributed by atoms with Gasteiger partial charge in [-0.25, -0.2) is 0 Å². The van der Waals surface area contributed by atoms with E-state index in [4.69, 9.17) is 0 Å². The van der Waals surface area contributed by atoms with Crippen molar-refractivity contribution in [2.24, 2.45) is 0 Å². The van der Waals surface area contributed by atoms with Crippen molar-refractivity contribution in [2.45, 2.75) is 24.5 Å². The van der Waals surface area contributed by atoms with Gasteiger partial charge in [-0.15, -0.1) is 0 Å². The number of carbonyl (C=O) groups excluding carboxylic acids is 2. The summed E-state index contributed by atoms with van der Waals surface area (Å²) in [6, 6.07) is 16.2. The Labute approximate surface area is 134 Å². The summed E-state index contributed by atoms with van der Waals surface area (Å²) in [6.45, 7) is 2.17. The summed E-state index contributed by atoms with van der Waals surface area (Å²) in [7, 11) is 0. The number of hydrogen-bond acceptors (Lipinski definition) is 3. The molecule has 1 aliphatic carbocycles. The second kappa shape index (κ2) is 4.52. The topological polar surface area (TPSA) is 57.6 Å². The van der Waals surface area contributed by atoms with Crippen molar-refractivity contribution in [1.82, 2.24) is 4.90 Å². The van der Waals surface area contributed by atoms with Gasteiger partial charge in [-0.1, -0.05) is 54.6 Å². The van der Waals surface area contributed by atoms with Crippen molar-refractivity contribution in [3.8, 4) is 0 Å². The fourth-order valence-electron chi connectivity index (χ4n) is 4.25. The molecule has 0 saturated carbocycles. The predicted molar refractivity (Wildman–Crippen MR) is 84.8 cm³/mol. The molecule has 4 rings (SSSR count). The Hall–Kier alpha value is -2.46. The van der Waals surface area contributed by atoms with Crippen LogP contribution < -0.4 is 0 Å². The summed E-state index contributed by atoms with van der Waals surface area (Å²) in [5.74, 6) is -0.368. The molecule has 116 valence electrons. The number of carbonyl (C=O) groups is 2. The van der Waals surface area contributed by atoms with Crippen LogP contribution in [-0.4, -0.2) is 28.2 Å². The highest BCUT2D eigenvalue weighted by Gasteiger charge is 2.71. The zero-order chi connectivity index (χ0) is 16.2. The van der Waals surface area contributed by atoms with Gasteiger partial charge < -0.3 is 10.0 Å². The maximum Gasteiger partial charge on any atom is 0.226 e. The van der Waals surface area contributed by atoms with Crippen molar-refractivity contribution >= 4 is 11.7 Å².